The molecule has 0 amide bonds. The fourth-order valence-electron chi connectivity index (χ4n) is 1.40. The van der Waals surface area contributed by atoms with E-state index in [2.05, 4.69) is 36.9 Å². The molecule has 0 bridgehead atoms. The number of nitrogens with one attached hydrogen (secondary N) is 1. The summed E-state index contributed by atoms with van der Waals surface area (Å²) in [6.45, 7) is 3.14. The zero-order chi connectivity index (χ0) is 13.0. The fraction of sp³-hybridized carbons (Fsp3) is 0.300. The van der Waals surface area contributed by atoms with Gasteiger partial charge >= 0.3 is 0 Å². The van der Waals surface area contributed by atoms with Gasteiger partial charge in [0.1, 0.15) is 5.75 Å². The number of aromatic nitrogens is 4. The lowest BCUT2D eigenvalue weighted by molar-refractivity contribution is 0.338. The van der Waals surface area contributed by atoms with Gasteiger partial charge in [-0.1, -0.05) is 11.2 Å². The molecule has 0 spiro atoms. The molecule has 1 aromatic carbocycles. The number of nitrogens with zero attached hydrogens (tertiary/aromatic N) is 4. The summed E-state index contributed by atoms with van der Waals surface area (Å²) in [5.74, 6) is 1.04. The summed E-state index contributed by atoms with van der Waals surface area (Å²) in [6, 6.07) is 5.84. The predicted octanol–water partition coefficient (Wildman–Crippen LogP) is 1.16. The minimum absolute atomic E-state index is 0.222. The Morgan fingerprint density at radius 3 is 2.94 bits per heavy atom. The third kappa shape index (κ3) is 2.89. The number of hydrogen-bond acceptors (Lipinski definition) is 6. The van der Waals surface area contributed by atoms with Crippen molar-refractivity contribution in [3.05, 3.63) is 28.2 Å². The third-order valence-corrected chi connectivity index (χ3v) is 2.84. The van der Waals surface area contributed by atoms with Crippen LogP contribution in [0.1, 0.15) is 12.5 Å². The molecule has 0 saturated heterocycles. The molecule has 0 saturated carbocycles. The maximum Gasteiger partial charge on any atom is 0.260 e. The van der Waals surface area contributed by atoms with Crippen molar-refractivity contribution in [3.8, 4) is 5.75 Å². The van der Waals surface area contributed by atoms with E-state index >= 15 is 0 Å². The Labute approximate surface area is 112 Å². The van der Waals surface area contributed by atoms with Crippen molar-refractivity contribution in [2.24, 2.45) is 0 Å². The number of halogens is 1. The van der Waals surface area contributed by atoms with Gasteiger partial charge in [-0.25, -0.2) is 0 Å². The molecule has 8 heteroatoms. The Balaban J connectivity index is 2.02. The monoisotopic (exact) mass is 312 g/mol. The highest BCUT2D eigenvalue weighted by Gasteiger charge is 2.03. The van der Waals surface area contributed by atoms with Gasteiger partial charge < -0.3 is 15.9 Å². The Morgan fingerprint density at radius 1 is 1.50 bits per heavy atom. The highest BCUT2D eigenvalue weighted by molar-refractivity contribution is 9.10. The lowest BCUT2D eigenvalue weighted by Gasteiger charge is -2.09. The average Bonchev–Trinajstić information content (AvgIpc) is 2.76. The van der Waals surface area contributed by atoms with Crippen LogP contribution < -0.4 is 15.9 Å². The zero-order valence-corrected chi connectivity index (χ0v) is 11.4. The molecule has 2 aromatic rings. The Bertz CT molecular complexity index is 529. The summed E-state index contributed by atoms with van der Waals surface area (Å²) in [5.41, 5.74) is 9.57. The molecular weight excluding hydrogens is 300 g/mol. The van der Waals surface area contributed by atoms with Crippen LogP contribution in [-0.2, 0) is 6.54 Å². The van der Waals surface area contributed by atoms with E-state index in [-0.39, 0.29) is 5.95 Å². The molecule has 2 rings (SSSR count). The first-order valence-corrected chi connectivity index (χ1v) is 6.19. The van der Waals surface area contributed by atoms with E-state index < -0.39 is 0 Å². The highest BCUT2D eigenvalue weighted by atomic mass is 79.9. The van der Waals surface area contributed by atoms with E-state index in [1.807, 2.05) is 25.1 Å². The normalized spacial score (nSPS) is 10.3. The van der Waals surface area contributed by atoms with Crippen LogP contribution in [0.15, 0.2) is 22.7 Å². The molecule has 0 unspecified atom stereocenters. The minimum Gasteiger partial charge on any atom is -0.493 e. The molecule has 7 nitrogen and oxygen atoms in total. The standard InChI is InChI=1S/C10H13BrN6O/c1-2-18-9-4-3-7(5-8(9)11)6-13-17-10(12)14-15-16-17/h3-5,13H,2,6H2,1H3,(H2,12,14,16). The molecule has 0 fully saturated rings. The molecule has 96 valence electrons. The number of ether oxygens (including phenoxy) is 1. The predicted molar refractivity (Wildman–Crippen MR) is 70.6 cm³/mol. The average molecular weight is 313 g/mol. The first-order valence-electron chi connectivity index (χ1n) is 5.39. The number of nitrogens with two attached hydrogens (primary N) is 1. The molecule has 0 radical (unpaired) electrons. The topological polar surface area (TPSA) is 90.9 Å². The summed E-state index contributed by atoms with van der Waals surface area (Å²) in [7, 11) is 0. The van der Waals surface area contributed by atoms with Crippen molar-refractivity contribution in [3.63, 3.8) is 0 Å². The number of nitrogen functional groups attached to an aromatic ring is 1. The summed E-state index contributed by atoms with van der Waals surface area (Å²) in [5, 5.41) is 10.7. The number of anilines is 1. The largest absolute Gasteiger partial charge is 0.493 e. The van der Waals surface area contributed by atoms with Gasteiger partial charge in [-0.05, 0) is 51.0 Å². The van der Waals surface area contributed by atoms with Crippen LogP contribution in [0.5, 0.6) is 5.75 Å². The Hall–Kier alpha value is -1.83. The van der Waals surface area contributed by atoms with Crippen LogP contribution >= 0.6 is 15.9 Å². The second-order valence-corrected chi connectivity index (χ2v) is 4.34. The van der Waals surface area contributed by atoms with Gasteiger partial charge in [0.15, 0.2) is 0 Å². The maximum atomic E-state index is 5.53. The van der Waals surface area contributed by atoms with E-state index in [0.717, 1.165) is 15.8 Å². The second-order valence-electron chi connectivity index (χ2n) is 3.48. The molecule has 0 aliphatic carbocycles. The van der Waals surface area contributed by atoms with Crippen molar-refractivity contribution < 1.29 is 4.74 Å². The maximum absolute atomic E-state index is 5.53. The summed E-state index contributed by atoms with van der Waals surface area (Å²) < 4.78 is 6.35. The van der Waals surface area contributed by atoms with Gasteiger partial charge in [-0.15, -0.1) is 4.79 Å². The SMILES string of the molecule is CCOc1ccc(CNn2nnnc2N)cc1Br. The van der Waals surface area contributed by atoms with Crippen molar-refractivity contribution in [1.82, 2.24) is 20.3 Å². The van der Waals surface area contributed by atoms with E-state index in [1.54, 1.807) is 0 Å². The Kier molecular flexibility index (Phi) is 3.98. The van der Waals surface area contributed by atoms with Crippen LogP contribution in [0, 0.1) is 0 Å². The summed E-state index contributed by atoms with van der Waals surface area (Å²) in [6.07, 6.45) is 0. The van der Waals surface area contributed by atoms with E-state index in [4.69, 9.17) is 10.5 Å². The smallest absolute Gasteiger partial charge is 0.260 e. The number of rotatable bonds is 5. The molecule has 1 heterocycles. The molecule has 3 N–H and O–H groups in total. The van der Waals surface area contributed by atoms with Gasteiger partial charge in [-0.3, -0.25) is 0 Å². The minimum atomic E-state index is 0.222. The number of tetrazole rings is 1. The van der Waals surface area contributed by atoms with Crippen molar-refractivity contribution in [2.45, 2.75) is 13.5 Å². The summed E-state index contributed by atoms with van der Waals surface area (Å²) in [4.78, 5) is 1.32. The molecular formula is C10H13BrN6O. The van der Waals surface area contributed by atoms with E-state index in [0.29, 0.717) is 13.2 Å². The first-order chi connectivity index (χ1) is 8.70. The fourth-order valence-corrected chi connectivity index (χ4v) is 1.94. The first kappa shape index (κ1) is 12.6. The van der Waals surface area contributed by atoms with Crippen LogP contribution in [0.2, 0.25) is 0 Å². The molecule has 0 atom stereocenters. The van der Waals surface area contributed by atoms with Crippen molar-refractivity contribution in [1.29, 1.82) is 0 Å². The van der Waals surface area contributed by atoms with Crippen molar-refractivity contribution >= 4 is 21.9 Å². The van der Waals surface area contributed by atoms with Gasteiger partial charge in [-0.2, -0.15) is 0 Å². The van der Waals surface area contributed by atoms with Crippen LogP contribution in [0.25, 0.3) is 0 Å². The molecule has 1 aromatic heterocycles. The van der Waals surface area contributed by atoms with Crippen LogP contribution in [-0.4, -0.2) is 26.9 Å². The lowest BCUT2D eigenvalue weighted by Crippen LogP contribution is -2.18. The summed E-state index contributed by atoms with van der Waals surface area (Å²) >= 11 is 3.46. The van der Waals surface area contributed by atoms with Gasteiger partial charge in [0.25, 0.3) is 5.95 Å². The van der Waals surface area contributed by atoms with Gasteiger partial charge in [0.2, 0.25) is 0 Å². The van der Waals surface area contributed by atoms with E-state index in [1.165, 1.54) is 4.79 Å². The molecule has 18 heavy (non-hydrogen) atoms. The van der Waals surface area contributed by atoms with Crippen LogP contribution in [0.4, 0.5) is 5.95 Å². The number of hydrogen-bond donors (Lipinski definition) is 2. The van der Waals surface area contributed by atoms with Crippen molar-refractivity contribution in [2.75, 3.05) is 17.8 Å². The van der Waals surface area contributed by atoms with Gasteiger partial charge in [0.05, 0.1) is 17.6 Å². The zero-order valence-electron chi connectivity index (χ0n) is 9.80. The van der Waals surface area contributed by atoms with Crippen LogP contribution in [0.3, 0.4) is 0 Å². The highest BCUT2D eigenvalue weighted by Crippen LogP contribution is 2.25. The second kappa shape index (κ2) is 5.67. The quantitative estimate of drug-likeness (QED) is 0.861. The lowest BCUT2D eigenvalue weighted by atomic mass is 10.2. The third-order valence-electron chi connectivity index (χ3n) is 2.22. The van der Waals surface area contributed by atoms with E-state index in [9.17, 15) is 0 Å². The Morgan fingerprint density at radius 2 is 2.33 bits per heavy atom. The number of benzene rings is 1. The van der Waals surface area contributed by atoms with Gasteiger partial charge in [0, 0.05) is 0 Å². The molecule has 0 aliphatic heterocycles. The molecule has 0 aliphatic rings.